The van der Waals surface area contributed by atoms with Crippen molar-refractivity contribution in [2.45, 2.75) is 38.6 Å². The second kappa shape index (κ2) is 9.34. The van der Waals surface area contributed by atoms with Crippen LogP contribution in [-0.2, 0) is 23.9 Å². The average molecular weight is 440 g/mol. The highest BCUT2D eigenvalue weighted by atomic mass is 32.1. The summed E-state index contributed by atoms with van der Waals surface area (Å²) >= 11 is 5.07. The fourth-order valence-corrected chi connectivity index (χ4v) is 2.77. The summed E-state index contributed by atoms with van der Waals surface area (Å²) in [5.74, 6) is -0.635. The van der Waals surface area contributed by atoms with E-state index < -0.39 is 23.3 Å². The molecule has 5 nitrogen and oxygen atoms in total. The number of hydrogen-bond acceptors (Lipinski definition) is 3. The number of carbonyl (C=O) groups is 1. The van der Waals surface area contributed by atoms with Crippen LogP contribution in [-0.4, -0.2) is 33.2 Å². The number of hydrogen-bond donors (Lipinski definition) is 2. The SMILES string of the molecule is CC(C)(Oc1ccc(CCN(Cc2ccc(C(F)(F)F)cc2)C(N)=S)cc1)C(=O)O. The lowest BCUT2D eigenvalue weighted by molar-refractivity contribution is -0.152. The van der Waals surface area contributed by atoms with Crippen LogP contribution in [0.5, 0.6) is 5.75 Å². The molecule has 30 heavy (non-hydrogen) atoms. The first-order valence-corrected chi connectivity index (χ1v) is 9.51. The number of carboxylic acids is 1. The van der Waals surface area contributed by atoms with E-state index in [1.807, 2.05) is 12.1 Å². The van der Waals surface area contributed by atoms with Crippen molar-refractivity contribution in [3.8, 4) is 5.75 Å². The molecule has 0 aliphatic heterocycles. The number of alkyl halides is 3. The third-order valence-electron chi connectivity index (χ3n) is 4.45. The zero-order valence-electron chi connectivity index (χ0n) is 16.6. The maximum atomic E-state index is 12.7. The molecule has 0 fully saturated rings. The van der Waals surface area contributed by atoms with Gasteiger partial charge in [-0.15, -0.1) is 0 Å². The first-order chi connectivity index (χ1) is 13.9. The number of nitrogens with zero attached hydrogens (tertiary/aromatic N) is 1. The lowest BCUT2D eigenvalue weighted by Crippen LogP contribution is -2.37. The zero-order chi connectivity index (χ0) is 22.5. The molecule has 9 heteroatoms. The van der Waals surface area contributed by atoms with Crippen LogP contribution < -0.4 is 10.5 Å². The van der Waals surface area contributed by atoms with Crippen molar-refractivity contribution in [1.82, 2.24) is 4.90 Å². The number of nitrogens with two attached hydrogens (primary N) is 1. The summed E-state index contributed by atoms with van der Waals surface area (Å²) in [6.07, 6.45) is -3.79. The Balaban J connectivity index is 1.98. The predicted molar refractivity (Wildman–Crippen MR) is 111 cm³/mol. The lowest BCUT2D eigenvalue weighted by Gasteiger charge is -2.23. The van der Waals surface area contributed by atoms with E-state index in [0.717, 1.165) is 17.7 Å². The molecule has 0 bridgehead atoms. The Hall–Kier alpha value is -2.81. The summed E-state index contributed by atoms with van der Waals surface area (Å²) < 4.78 is 43.5. The monoisotopic (exact) mass is 440 g/mol. The number of thiocarbonyl (C=S) groups is 1. The molecular formula is C21H23F3N2O3S. The van der Waals surface area contributed by atoms with E-state index in [0.29, 0.717) is 30.8 Å². The minimum absolute atomic E-state index is 0.151. The summed E-state index contributed by atoms with van der Waals surface area (Å²) in [5.41, 5.74) is 5.33. The van der Waals surface area contributed by atoms with Crippen molar-refractivity contribution < 1.29 is 27.8 Å². The molecule has 162 valence electrons. The van der Waals surface area contributed by atoms with Gasteiger partial charge in [-0.05, 0) is 67.9 Å². The molecule has 0 aliphatic rings. The van der Waals surface area contributed by atoms with Crippen molar-refractivity contribution >= 4 is 23.3 Å². The smallest absolute Gasteiger partial charge is 0.416 e. The summed E-state index contributed by atoms with van der Waals surface area (Å²) in [6, 6.07) is 11.9. The molecule has 0 aromatic heterocycles. The number of ether oxygens (including phenoxy) is 1. The average Bonchev–Trinajstić information content (AvgIpc) is 2.65. The van der Waals surface area contributed by atoms with E-state index >= 15 is 0 Å². The van der Waals surface area contributed by atoms with Gasteiger partial charge in [0, 0.05) is 13.1 Å². The van der Waals surface area contributed by atoms with E-state index in [4.69, 9.17) is 27.8 Å². The Kier molecular flexibility index (Phi) is 7.30. The van der Waals surface area contributed by atoms with Gasteiger partial charge in [-0.2, -0.15) is 13.2 Å². The van der Waals surface area contributed by atoms with Crippen molar-refractivity contribution in [3.63, 3.8) is 0 Å². The highest BCUT2D eigenvalue weighted by Crippen LogP contribution is 2.29. The van der Waals surface area contributed by atoms with Gasteiger partial charge in [0.1, 0.15) is 5.75 Å². The predicted octanol–water partition coefficient (Wildman–Crippen LogP) is 4.24. The van der Waals surface area contributed by atoms with Crippen LogP contribution in [0.1, 0.15) is 30.5 Å². The molecule has 0 saturated heterocycles. The van der Waals surface area contributed by atoms with Gasteiger partial charge in [-0.25, -0.2) is 4.79 Å². The maximum Gasteiger partial charge on any atom is 0.416 e. The Morgan fingerprint density at radius 2 is 1.60 bits per heavy atom. The van der Waals surface area contributed by atoms with Crippen molar-refractivity contribution in [2.75, 3.05) is 6.54 Å². The second-order valence-corrected chi connectivity index (χ2v) is 7.68. The highest BCUT2D eigenvalue weighted by molar-refractivity contribution is 7.80. The van der Waals surface area contributed by atoms with Gasteiger partial charge >= 0.3 is 12.1 Å². The third-order valence-corrected chi connectivity index (χ3v) is 4.71. The Morgan fingerprint density at radius 1 is 1.07 bits per heavy atom. The number of rotatable bonds is 8. The first-order valence-electron chi connectivity index (χ1n) is 9.10. The topological polar surface area (TPSA) is 75.8 Å². The summed E-state index contributed by atoms with van der Waals surface area (Å²) in [6.45, 7) is 3.69. The van der Waals surface area contributed by atoms with E-state index in [9.17, 15) is 18.0 Å². The molecule has 0 amide bonds. The molecule has 2 aromatic rings. The van der Waals surface area contributed by atoms with E-state index in [1.165, 1.54) is 26.0 Å². The van der Waals surface area contributed by atoms with Crippen LogP contribution >= 0.6 is 12.2 Å². The molecule has 0 atom stereocenters. The van der Waals surface area contributed by atoms with Crippen LogP contribution in [0, 0.1) is 0 Å². The minimum Gasteiger partial charge on any atom is -0.478 e. The minimum atomic E-state index is -4.38. The Bertz CT molecular complexity index is 882. The molecule has 0 spiro atoms. The largest absolute Gasteiger partial charge is 0.478 e. The van der Waals surface area contributed by atoms with Crippen LogP contribution in [0.4, 0.5) is 13.2 Å². The third kappa shape index (κ3) is 6.62. The molecule has 0 saturated carbocycles. The normalized spacial score (nSPS) is 11.8. The van der Waals surface area contributed by atoms with Crippen molar-refractivity contribution in [3.05, 3.63) is 65.2 Å². The van der Waals surface area contributed by atoms with Crippen LogP contribution in [0.3, 0.4) is 0 Å². The molecule has 0 unspecified atom stereocenters. The van der Waals surface area contributed by atoms with E-state index in [-0.39, 0.29) is 5.11 Å². The first kappa shape index (κ1) is 23.5. The van der Waals surface area contributed by atoms with Gasteiger partial charge in [0.2, 0.25) is 0 Å². The highest BCUT2D eigenvalue weighted by Gasteiger charge is 2.30. The standard InChI is InChI=1S/C21H23F3N2O3S/c1-20(2,18(27)28)29-17-9-5-14(6-10-17)11-12-26(19(25)30)13-15-3-7-16(8-4-15)21(22,23)24/h3-10H,11-13H2,1-2H3,(H2,25,30)(H,27,28). The fraction of sp³-hybridized carbons (Fsp3) is 0.333. The van der Waals surface area contributed by atoms with Crippen LogP contribution in [0.2, 0.25) is 0 Å². The van der Waals surface area contributed by atoms with Gasteiger partial charge in [0.25, 0.3) is 0 Å². The molecule has 0 radical (unpaired) electrons. The maximum absolute atomic E-state index is 12.7. The molecule has 0 heterocycles. The molecule has 0 aliphatic carbocycles. The van der Waals surface area contributed by atoms with Crippen LogP contribution in [0.15, 0.2) is 48.5 Å². The molecule has 2 rings (SSSR count). The van der Waals surface area contributed by atoms with E-state index in [1.54, 1.807) is 17.0 Å². The summed E-state index contributed by atoms with van der Waals surface area (Å²) in [5, 5.41) is 9.27. The van der Waals surface area contributed by atoms with Gasteiger partial charge in [0.05, 0.1) is 5.56 Å². The summed E-state index contributed by atoms with van der Waals surface area (Å²) in [4.78, 5) is 12.8. The van der Waals surface area contributed by atoms with Crippen LogP contribution in [0.25, 0.3) is 0 Å². The Labute approximate surface area is 178 Å². The molecular weight excluding hydrogens is 417 g/mol. The lowest BCUT2D eigenvalue weighted by atomic mass is 10.1. The quantitative estimate of drug-likeness (QED) is 0.598. The Morgan fingerprint density at radius 3 is 2.07 bits per heavy atom. The van der Waals surface area contributed by atoms with Gasteiger partial charge < -0.3 is 20.5 Å². The van der Waals surface area contributed by atoms with Gasteiger partial charge in [-0.3, -0.25) is 0 Å². The fourth-order valence-electron chi connectivity index (χ4n) is 2.61. The van der Waals surface area contributed by atoms with Gasteiger partial charge in [-0.1, -0.05) is 24.3 Å². The van der Waals surface area contributed by atoms with Crippen molar-refractivity contribution in [1.29, 1.82) is 0 Å². The zero-order valence-corrected chi connectivity index (χ0v) is 17.4. The number of halogens is 3. The van der Waals surface area contributed by atoms with Crippen molar-refractivity contribution in [2.24, 2.45) is 5.73 Å². The van der Waals surface area contributed by atoms with E-state index in [2.05, 4.69) is 0 Å². The molecule has 3 N–H and O–H groups in total. The number of carboxylic acid groups (broad SMARTS) is 1. The van der Waals surface area contributed by atoms with Gasteiger partial charge in [0.15, 0.2) is 10.7 Å². The number of benzene rings is 2. The second-order valence-electron chi connectivity index (χ2n) is 7.27. The molecule has 2 aromatic carbocycles. The number of aliphatic carboxylic acids is 1. The summed E-state index contributed by atoms with van der Waals surface area (Å²) in [7, 11) is 0.